The van der Waals surface area contributed by atoms with Gasteiger partial charge in [-0.15, -0.1) is 0 Å². The van der Waals surface area contributed by atoms with Gasteiger partial charge >= 0.3 is 0 Å². The minimum Gasteiger partial charge on any atom is -0.391 e. The molecule has 0 saturated heterocycles. The van der Waals surface area contributed by atoms with Crippen LogP contribution in [0.1, 0.15) is 44.0 Å². The molecule has 21 heavy (non-hydrogen) atoms. The zero-order valence-corrected chi connectivity index (χ0v) is 13.7. The lowest BCUT2D eigenvalue weighted by molar-refractivity contribution is 0.278. The third-order valence-electron chi connectivity index (χ3n) is 3.53. The van der Waals surface area contributed by atoms with Gasteiger partial charge < -0.3 is 5.11 Å². The van der Waals surface area contributed by atoms with Crippen LogP contribution in [0.4, 0.5) is 0 Å². The molecule has 3 nitrogen and oxygen atoms in total. The van der Waals surface area contributed by atoms with Crippen LogP contribution >= 0.6 is 11.6 Å². The highest BCUT2D eigenvalue weighted by Gasteiger charge is 2.25. The van der Waals surface area contributed by atoms with E-state index < -0.39 is 0 Å². The molecule has 114 valence electrons. The lowest BCUT2D eigenvalue weighted by Gasteiger charge is -2.16. The maximum atomic E-state index is 9.54. The van der Waals surface area contributed by atoms with Crippen LogP contribution in [-0.2, 0) is 25.0 Å². The van der Waals surface area contributed by atoms with E-state index in [1.54, 1.807) is 0 Å². The Labute approximate surface area is 131 Å². The molecule has 0 aliphatic heterocycles. The molecule has 1 N–H and O–H groups in total. The smallest absolute Gasteiger partial charge is 0.132 e. The molecule has 1 heterocycles. The molecule has 1 aromatic carbocycles. The quantitative estimate of drug-likeness (QED) is 0.908. The highest BCUT2D eigenvalue weighted by atomic mass is 35.5. The first-order chi connectivity index (χ1) is 9.93. The van der Waals surface area contributed by atoms with Crippen LogP contribution in [0, 0.1) is 0 Å². The van der Waals surface area contributed by atoms with E-state index in [0.717, 1.165) is 30.6 Å². The van der Waals surface area contributed by atoms with Crippen molar-refractivity contribution >= 4 is 11.6 Å². The zero-order chi connectivity index (χ0) is 15.5. The fourth-order valence-electron chi connectivity index (χ4n) is 2.45. The number of rotatable bonds is 5. The van der Waals surface area contributed by atoms with Crippen molar-refractivity contribution < 1.29 is 5.11 Å². The summed E-state index contributed by atoms with van der Waals surface area (Å²) in [5.74, 6) is 0. The Bertz CT molecular complexity index is 585. The molecule has 0 bridgehead atoms. The standard InChI is InChI=1S/C17H23ClN2O/c1-17(2,3)15-14(12-21)16(18)20(19-15)11-7-10-13-8-5-4-6-9-13/h4-6,8-9,21H,7,10-12H2,1-3H3. The average molecular weight is 307 g/mol. The molecule has 0 fully saturated rings. The summed E-state index contributed by atoms with van der Waals surface area (Å²) in [7, 11) is 0. The van der Waals surface area contributed by atoms with Crippen LogP contribution in [0.15, 0.2) is 30.3 Å². The summed E-state index contributed by atoms with van der Waals surface area (Å²) in [5.41, 5.74) is 2.84. The number of nitrogens with zero attached hydrogens (tertiary/aromatic N) is 2. The van der Waals surface area contributed by atoms with Gasteiger partial charge in [0.05, 0.1) is 12.3 Å². The number of aryl methyl sites for hydroxylation is 2. The first-order valence-electron chi connectivity index (χ1n) is 7.34. The van der Waals surface area contributed by atoms with E-state index in [9.17, 15) is 5.11 Å². The Morgan fingerprint density at radius 2 is 1.86 bits per heavy atom. The molecular formula is C17H23ClN2O. The summed E-state index contributed by atoms with van der Waals surface area (Å²) in [6, 6.07) is 10.4. The summed E-state index contributed by atoms with van der Waals surface area (Å²) in [4.78, 5) is 0. The van der Waals surface area contributed by atoms with E-state index in [1.807, 2.05) is 10.7 Å². The van der Waals surface area contributed by atoms with Crippen LogP contribution < -0.4 is 0 Å². The Morgan fingerprint density at radius 3 is 2.38 bits per heavy atom. The van der Waals surface area contributed by atoms with Gasteiger partial charge in [-0.3, -0.25) is 4.68 Å². The summed E-state index contributed by atoms with van der Waals surface area (Å²) in [6.45, 7) is 6.94. The lowest BCUT2D eigenvalue weighted by Crippen LogP contribution is -2.15. The second-order valence-electron chi connectivity index (χ2n) is 6.34. The zero-order valence-electron chi connectivity index (χ0n) is 12.9. The number of halogens is 1. The normalized spacial score (nSPS) is 11.9. The lowest BCUT2D eigenvalue weighted by atomic mass is 9.90. The number of hydrogen-bond acceptors (Lipinski definition) is 2. The third kappa shape index (κ3) is 3.86. The Balaban J connectivity index is 2.09. The molecule has 0 saturated carbocycles. The number of aliphatic hydroxyl groups excluding tert-OH is 1. The summed E-state index contributed by atoms with van der Waals surface area (Å²) >= 11 is 6.36. The number of hydrogen-bond donors (Lipinski definition) is 1. The van der Waals surface area contributed by atoms with Crippen LogP contribution in [-0.4, -0.2) is 14.9 Å². The van der Waals surface area contributed by atoms with Crippen molar-refractivity contribution in [2.45, 2.75) is 52.2 Å². The summed E-state index contributed by atoms with van der Waals surface area (Å²) < 4.78 is 1.82. The van der Waals surface area contributed by atoms with Crippen LogP contribution in [0.25, 0.3) is 0 Å². The van der Waals surface area contributed by atoms with E-state index in [2.05, 4.69) is 50.1 Å². The first kappa shape index (κ1) is 16.1. The molecule has 0 atom stereocenters. The summed E-state index contributed by atoms with van der Waals surface area (Å²) in [6.07, 6.45) is 1.97. The van der Waals surface area contributed by atoms with E-state index in [4.69, 9.17) is 11.6 Å². The minimum atomic E-state index is -0.119. The average Bonchev–Trinajstić information content (AvgIpc) is 2.77. The third-order valence-corrected chi connectivity index (χ3v) is 3.95. The topological polar surface area (TPSA) is 38.0 Å². The fourth-order valence-corrected chi connectivity index (χ4v) is 2.72. The molecule has 0 radical (unpaired) electrons. The molecule has 2 rings (SSSR count). The maximum Gasteiger partial charge on any atom is 0.132 e. The van der Waals surface area contributed by atoms with Crippen molar-refractivity contribution in [3.8, 4) is 0 Å². The second kappa shape index (κ2) is 6.63. The Hall–Kier alpha value is -1.32. The largest absolute Gasteiger partial charge is 0.391 e. The van der Waals surface area contributed by atoms with Crippen molar-refractivity contribution in [2.24, 2.45) is 0 Å². The summed E-state index contributed by atoms with van der Waals surface area (Å²) in [5, 5.41) is 14.7. The molecule has 0 aliphatic rings. The molecular weight excluding hydrogens is 284 g/mol. The minimum absolute atomic E-state index is 0.0654. The van der Waals surface area contributed by atoms with Gasteiger partial charge in [0.1, 0.15) is 5.15 Å². The van der Waals surface area contributed by atoms with Gasteiger partial charge in [-0.25, -0.2) is 0 Å². The van der Waals surface area contributed by atoms with E-state index in [0.29, 0.717) is 5.15 Å². The van der Waals surface area contributed by atoms with Gasteiger partial charge in [0.2, 0.25) is 0 Å². The van der Waals surface area contributed by atoms with E-state index in [1.165, 1.54) is 5.56 Å². The number of benzene rings is 1. The van der Waals surface area contributed by atoms with Gasteiger partial charge in [0.15, 0.2) is 0 Å². The highest BCUT2D eigenvalue weighted by Crippen LogP contribution is 2.30. The Morgan fingerprint density at radius 1 is 1.19 bits per heavy atom. The van der Waals surface area contributed by atoms with Crippen molar-refractivity contribution in [3.05, 3.63) is 52.3 Å². The second-order valence-corrected chi connectivity index (χ2v) is 6.70. The van der Waals surface area contributed by atoms with Gasteiger partial charge in [-0.2, -0.15) is 5.10 Å². The van der Waals surface area contributed by atoms with E-state index in [-0.39, 0.29) is 12.0 Å². The fraction of sp³-hybridized carbons (Fsp3) is 0.471. The van der Waals surface area contributed by atoms with Gasteiger partial charge in [0, 0.05) is 17.5 Å². The molecule has 4 heteroatoms. The SMILES string of the molecule is CC(C)(C)c1nn(CCCc2ccccc2)c(Cl)c1CO. The van der Waals surface area contributed by atoms with Crippen molar-refractivity contribution in [1.82, 2.24) is 9.78 Å². The van der Waals surface area contributed by atoms with Gasteiger partial charge in [-0.05, 0) is 18.4 Å². The van der Waals surface area contributed by atoms with Gasteiger partial charge in [0.25, 0.3) is 0 Å². The maximum absolute atomic E-state index is 9.54. The molecule has 1 aromatic heterocycles. The molecule has 0 unspecified atom stereocenters. The molecule has 2 aromatic rings. The first-order valence-corrected chi connectivity index (χ1v) is 7.71. The van der Waals surface area contributed by atoms with Crippen LogP contribution in [0.3, 0.4) is 0 Å². The predicted octanol–water partition coefficient (Wildman–Crippen LogP) is 3.96. The van der Waals surface area contributed by atoms with Crippen LogP contribution in [0.5, 0.6) is 0 Å². The van der Waals surface area contributed by atoms with E-state index >= 15 is 0 Å². The van der Waals surface area contributed by atoms with Crippen molar-refractivity contribution in [3.63, 3.8) is 0 Å². The van der Waals surface area contributed by atoms with Crippen molar-refractivity contribution in [2.75, 3.05) is 0 Å². The number of aliphatic hydroxyl groups is 1. The number of aromatic nitrogens is 2. The molecule has 0 aliphatic carbocycles. The highest BCUT2D eigenvalue weighted by molar-refractivity contribution is 6.30. The van der Waals surface area contributed by atoms with Crippen LogP contribution in [0.2, 0.25) is 5.15 Å². The van der Waals surface area contributed by atoms with Gasteiger partial charge in [-0.1, -0.05) is 62.7 Å². The monoisotopic (exact) mass is 306 g/mol. The van der Waals surface area contributed by atoms with Crippen molar-refractivity contribution in [1.29, 1.82) is 0 Å². The Kier molecular flexibility index (Phi) is 5.07. The predicted molar refractivity (Wildman–Crippen MR) is 86.6 cm³/mol. The molecule has 0 amide bonds. The molecule has 0 spiro atoms.